The fourth-order valence-electron chi connectivity index (χ4n) is 5.22. The number of rotatable bonds is 7. The molecule has 11 nitrogen and oxygen atoms in total. The van der Waals surface area contributed by atoms with Crippen molar-refractivity contribution in [1.82, 2.24) is 25.1 Å². The Morgan fingerprint density at radius 3 is 2.65 bits per heavy atom. The summed E-state index contributed by atoms with van der Waals surface area (Å²) in [7, 11) is 1.53. The first-order valence-electron chi connectivity index (χ1n) is 12.9. The van der Waals surface area contributed by atoms with Gasteiger partial charge in [-0.05, 0) is 75.8 Å². The number of hydrogen-bond donors (Lipinski definition) is 1. The maximum Gasteiger partial charge on any atom is 0.410 e. The maximum atomic E-state index is 13.3. The minimum Gasteiger partial charge on any atom is -0.494 e. The molecule has 0 radical (unpaired) electrons. The standard InChI is InChI=1S/C27H31ClN6O5S/c1-14-6-18(19-9-22(28)30-11-21(19)37-5)20(10-29-14)23(35)31-24-32-33-25(40-24)38-13-16-8-17-7-15(16)12-34(17)26(36)39-27(2,3)4/h6,9-11,15-17H,7-8,12-13H2,1-5H3,(H,31,32,35). The molecule has 1 aliphatic heterocycles. The first-order valence-corrected chi connectivity index (χ1v) is 14.1. The molecule has 2 bridgehead atoms. The van der Waals surface area contributed by atoms with E-state index in [-0.39, 0.29) is 17.3 Å². The second-order valence-corrected chi connectivity index (χ2v) is 12.3. The molecule has 1 N–H and O–H groups in total. The Morgan fingerprint density at radius 2 is 1.95 bits per heavy atom. The number of pyridine rings is 2. The highest BCUT2D eigenvalue weighted by Gasteiger charge is 2.47. The van der Waals surface area contributed by atoms with Crippen molar-refractivity contribution in [2.45, 2.75) is 52.2 Å². The number of aromatic nitrogens is 4. The van der Waals surface area contributed by atoms with Crippen LogP contribution in [0, 0.1) is 18.8 Å². The van der Waals surface area contributed by atoms with E-state index < -0.39 is 11.5 Å². The number of carbonyl (C=O) groups excluding carboxylic acids is 2. The number of anilines is 1. The lowest BCUT2D eigenvalue weighted by Gasteiger charge is -2.32. The van der Waals surface area contributed by atoms with Gasteiger partial charge in [-0.25, -0.2) is 9.78 Å². The summed E-state index contributed by atoms with van der Waals surface area (Å²) in [6.07, 6.45) is 4.57. The number of amides is 2. The van der Waals surface area contributed by atoms with Gasteiger partial charge in [0.2, 0.25) is 5.13 Å². The number of hydrogen-bond acceptors (Lipinski definition) is 10. The van der Waals surface area contributed by atoms with Gasteiger partial charge >= 0.3 is 6.09 Å². The van der Waals surface area contributed by atoms with Gasteiger partial charge in [0.05, 0.1) is 25.5 Å². The highest BCUT2D eigenvalue weighted by atomic mass is 35.5. The minimum absolute atomic E-state index is 0.170. The van der Waals surface area contributed by atoms with Gasteiger partial charge in [-0.2, -0.15) is 0 Å². The van der Waals surface area contributed by atoms with E-state index in [0.29, 0.717) is 57.8 Å². The van der Waals surface area contributed by atoms with Crippen LogP contribution in [0.4, 0.5) is 9.93 Å². The van der Waals surface area contributed by atoms with Gasteiger partial charge in [0.25, 0.3) is 11.1 Å². The summed E-state index contributed by atoms with van der Waals surface area (Å²) in [5.41, 5.74) is 1.76. The number of ether oxygens (including phenoxy) is 3. The van der Waals surface area contributed by atoms with Crippen LogP contribution in [-0.2, 0) is 4.74 Å². The van der Waals surface area contributed by atoms with Crippen LogP contribution < -0.4 is 14.8 Å². The van der Waals surface area contributed by atoms with Crippen molar-refractivity contribution in [1.29, 1.82) is 0 Å². The third-order valence-corrected chi connectivity index (χ3v) is 7.95. The first-order chi connectivity index (χ1) is 19.0. The van der Waals surface area contributed by atoms with E-state index in [1.807, 2.05) is 32.6 Å². The minimum atomic E-state index is -0.510. The molecule has 212 valence electrons. The molecule has 2 fully saturated rings. The van der Waals surface area contributed by atoms with Crippen LogP contribution in [0.15, 0.2) is 24.5 Å². The molecule has 1 aliphatic carbocycles. The van der Waals surface area contributed by atoms with Crippen LogP contribution in [0.5, 0.6) is 10.9 Å². The topological polar surface area (TPSA) is 129 Å². The molecule has 1 saturated carbocycles. The Balaban J connectivity index is 1.20. The molecule has 1 saturated heterocycles. The highest BCUT2D eigenvalue weighted by molar-refractivity contribution is 7.17. The normalized spacial score (nSPS) is 19.9. The van der Waals surface area contributed by atoms with Crippen molar-refractivity contribution in [3.05, 3.63) is 40.9 Å². The van der Waals surface area contributed by atoms with Gasteiger partial charge in [0.1, 0.15) is 16.5 Å². The molecule has 3 unspecified atom stereocenters. The number of halogens is 1. The Labute approximate surface area is 241 Å². The maximum absolute atomic E-state index is 13.3. The fraction of sp³-hybridized carbons (Fsp3) is 0.481. The molecule has 3 atom stereocenters. The summed E-state index contributed by atoms with van der Waals surface area (Å²) in [6, 6.07) is 3.60. The summed E-state index contributed by atoms with van der Waals surface area (Å²) >= 11 is 7.28. The van der Waals surface area contributed by atoms with Crippen molar-refractivity contribution in [3.8, 4) is 22.1 Å². The molecular formula is C27H31ClN6O5S. The SMILES string of the molecule is COc1cnc(Cl)cc1-c1cc(C)ncc1C(=O)Nc1nnc(OCC2CC3CC2CN3C(=O)OC(C)(C)C)s1. The predicted molar refractivity (Wildman–Crippen MR) is 150 cm³/mol. The van der Waals surface area contributed by atoms with Crippen molar-refractivity contribution >= 4 is 40.1 Å². The second-order valence-electron chi connectivity index (χ2n) is 11.0. The van der Waals surface area contributed by atoms with Gasteiger partial charge in [0, 0.05) is 35.6 Å². The molecule has 3 aromatic heterocycles. The van der Waals surface area contributed by atoms with Gasteiger partial charge < -0.3 is 19.1 Å². The monoisotopic (exact) mass is 586 g/mol. The highest BCUT2D eigenvalue weighted by Crippen LogP contribution is 2.43. The van der Waals surface area contributed by atoms with E-state index in [2.05, 4.69) is 25.5 Å². The number of carbonyl (C=O) groups is 2. The average molecular weight is 587 g/mol. The third kappa shape index (κ3) is 6.12. The number of likely N-dealkylation sites (tertiary alicyclic amines) is 1. The zero-order chi connectivity index (χ0) is 28.6. The van der Waals surface area contributed by atoms with E-state index >= 15 is 0 Å². The molecule has 3 aromatic rings. The van der Waals surface area contributed by atoms with Crippen LogP contribution in [0.2, 0.25) is 5.15 Å². The number of fused-ring (bicyclic) bond motifs is 2. The number of aryl methyl sites for hydroxylation is 1. The molecule has 40 heavy (non-hydrogen) atoms. The van der Waals surface area contributed by atoms with E-state index in [4.69, 9.17) is 25.8 Å². The van der Waals surface area contributed by atoms with E-state index in [9.17, 15) is 9.59 Å². The van der Waals surface area contributed by atoms with E-state index in [1.54, 1.807) is 12.1 Å². The molecule has 5 rings (SSSR count). The average Bonchev–Trinajstić information content (AvgIpc) is 3.62. The number of methoxy groups -OCH3 is 1. The van der Waals surface area contributed by atoms with Gasteiger partial charge in [-0.15, -0.1) is 5.10 Å². The third-order valence-electron chi connectivity index (χ3n) is 6.99. The Kier molecular flexibility index (Phi) is 7.83. The van der Waals surface area contributed by atoms with Crippen LogP contribution >= 0.6 is 22.9 Å². The summed E-state index contributed by atoms with van der Waals surface area (Å²) in [5.74, 6) is 0.741. The summed E-state index contributed by atoms with van der Waals surface area (Å²) in [5, 5.41) is 11.9. The first kappa shape index (κ1) is 28.0. The zero-order valence-electron chi connectivity index (χ0n) is 22.9. The Bertz CT molecular complexity index is 1430. The molecule has 4 heterocycles. The largest absolute Gasteiger partial charge is 0.494 e. The van der Waals surface area contributed by atoms with Gasteiger partial charge in [-0.1, -0.05) is 16.7 Å². The second kappa shape index (κ2) is 11.2. The molecule has 0 aromatic carbocycles. The molecular weight excluding hydrogens is 556 g/mol. The van der Waals surface area contributed by atoms with Gasteiger partial charge in [0.15, 0.2) is 0 Å². The summed E-state index contributed by atoms with van der Waals surface area (Å²) < 4.78 is 16.9. The predicted octanol–water partition coefficient (Wildman–Crippen LogP) is 5.24. The fourth-order valence-corrected chi connectivity index (χ4v) is 5.98. The van der Waals surface area contributed by atoms with Crippen molar-refractivity contribution in [3.63, 3.8) is 0 Å². The summed E-state index contributed by atoms with van der Waals surface area (Å²) in [6.45, 7) is 8.60. The molecule has 0 spiro atoms. The van der Waals surface area contributed by atoms with Crippen LogP contribution in [-0.4, -0.2) is 69.0 Å². The van der Waals surface area contributed by atoms with Crippen molar-refractivity contribution in [2.24, 2.45) is 11.8 Å². The lowest BCUT2D eigenvalue weighted by Crippen LogP contribution is -2.43. The number of piperidine rings is 1. The van der Waals surface area contributed by atoms with Crippen molar-refractivity contribution < 1.29 is 23.8 Å². The van der Waals surface area contributed by atoms with Crippen LogP contribution in [0.25, 0.3) is 11.1 Å². The smallest absolute Gasteiger partial charge is 0.410 e. The van der Waals surface area contributed by atoms with Crippen molar-refractivity contribution in [2.75, 3.05) is 25.6 Å². The lowest BCUT2D eigenvalue weighted by atomic mass is 9.96. The van der Waals surface area contributed by atoms with Gasteiger partial charge in [-0.3, -0.25) is 15.1 Å². The zero-order valence-corrected chi connectivity index (χ0v) is 24.5. The molecule has 2 amide bonds. The molecule has 13 heteroatoms. The summed E-state index contributed by atoms with van der Waals surface area (Å²) in [4.78, 5) is 35.9. The number of nitrogens with one attached hydrogen (secondary N) is 1. The number of nitrogens with zero attached hydrogens (tertiary/aromatic N) is 5. The van der Waals surface area contributed by atoms with Crippen LogP contribution in [0.3, 0.4) is 0 Å². The Hall–Kier alpha value is -3.51. The van der Waals surface area contributed by atoms with E-state index in [0.717, 1.165) is 29.9 Å². The lowest BCUT2D eigenvalue weighted by molar-refractivity contribution is 0.0143. The van der Waals surface area contributed by atoms with E-state index in [1.165, 1.54) is 19.5 Å². The Morgan fingerprint density at radius 1 is 1.15 bits per heavy atom. The van der Waals surface area contributed by atoms with Crippen LogP contribution in [0.1, 0.15) is 49.7 Å². The molecule has 2 aliphatic rings. The quantitative estimate of drug-likeness (QED) is 0.369.